The number of nitrogens with zero attached hydrogens (tertiary/aromatic N) is 1. The molecule has 0 fully saturated rings. The van der Waals surface area contributed by atoms with Gasteiger partial charge in [0.2, 0.25) is 0 Å². The van der Waals surface area contributed by atoms with Gasteiger partial charge in [0.15, 0.2) is 0 Å². The van der Waals surface area contributed by atoms with Crippen molar-refractivity contribution in [2.75, 3.05) is 19.6 Å². The highest BCUT2D eigenvalue weighted by Crippen LogP contribution is 2.07. The van der Waals surface area contributed by atoms with Crippen LogP contribution in [0.5, 0.6) is 0 Å². The Balaban J connectivity index is 2.36. The van der Waals surface area contributed by atoms with E-state index in [1.54, 1.807) is 0 Å². The molecule has 3 heteroatoms. The van der Waals surface area contributed by atoms with Crippen molar-refractivity contribution in [2.24, 2.45) is 5.92 Å². The zero-order chi connectivity index (χ0) is 14.1. The van der Waals surface area contributed by atoms with E-state index in [9.17, 15) is 4.79 Å². The van der Waals surface area contributed by atoms with Crippen LogP contribution in [0, 0.1) is 5.92 Å². The van der Waals surface area contributed by atoms with Crippen molar-refractivity contribution in [3.8, 4) is 0 Å². The van der Waals surface area contributed by atoms with Gasteiger partial charge in [0, 0.05) is 6.54 Å². The molecule has 0 N–H and O–H groups in total. The summed E-state index contributed by atoms with van der Waals surface area (Å²) in [6.07, 6.45) is 1.11. The number of carbonyl (C=O) groups is 1. The highest BCUT2D eigenvalue weighted by Gasteiger charge is 2.17. The summed E-state index contributed by atoms with van der Waals surface area (Å²) in [5, 5.41) is 0. The van der Waals surface area contributed by atoms with Crippen molar-refractivity contribution in [1.82, 2.24) is 4.90 Å². The first-order valence-electron chi connectivity index (χ1n) is 7.10. The average molecular weight is 263 g/mol. The average Bonchev–Trinajstić information content (AvgIpc) is 2.45. The second kappa shape index (κ2) is 8.70. The molecule has 0 heterocycles. The molecule has 0 bridgehead atoms. The van der Waals surface area contributed by atoms with E-state index in [0.29, 0.717) is 6.61 Å². The van der Waals surface area contributed by atoms with Gasteiger partial charge >= 0.3 is 5.97 Å². The fraction of sp³-hybridized carbons (Fsp3) is 0.562. The number of rotatable bonds is 8. The van der Waals surface area contributed by atoms with Crippen LogP contribution in [0.1, 0.15) is 32.8 Å². The van der Waals surface area contributed by atoms with Crippen LogP contribution < -0.4 is 0 Å². The van der Waals surface area contributed by atoms with Crippen LogP contribution in [0.15, 0.2) is 30.3 Å². The summed E-state index contributed by atoms with van der Waals surface area (Å²) in [6.45, 7) is 9.36. The summed E-state index contributed by atoms with van der Waals surface area (Å²) in [4.78, 5) is 14.2. The Morgan fingerprint density at radius 3 is 2.53 bits per heavy atom. The maximum absolute atomic E-state index is 11.9. The van der Waals surface area contributed by atoms with Crippen LogP contribution >= 0.6 is 0 Å². The summed E-state index contributed by atoms with van der Waals surface area (Å²) < 4.78 is 5.35. The van der Waals surface area contributed by atoms with Gasteiger partial charge in [-0.05, 0) is 25.1 Å². The third kappa shape index (κ3) is 5.88. The van der Waals surface area contributed by atoms with Gasteiger partial charge < -0.3 is 9.64 Å². The molecule has 0 radical (unpaired) electrons. The molecule has 0 aromatic heterocycles. The van der Waals surface area contributed by atoms with Crippen LogP contribution in [0.4, 0.5) is 0 Å². The van der Waals surface area contributed by atoms with Crippen molar-refractivity contribution in [2.45, 2.75) is 33.8 Å². The molecule has 0 saturated heterocycles. The maximum atomic E-state index is 11.9. The molecule has 0 aliphatic heterocycles. The predicted molar refractivity (Wildman–Crippen MR) is 77.8 cm³/mol. The Bertz CT molecular complexity index is 364. The lowest BCUT2D eigenvalue weighted by Crippen LogP contribution is -2.33. The summed E-state index contributed by atoms with van der Waals surface area (Å²) in [5.41, 5.74) is 1.03. The standard InChI is InChI=1S/C16H25NO2/c1-4-11-17(5-2)12-14(3)16(18)19-13-15-9-7-6-8-10-15/h6-10,14H,4-5,11-13H2,1-3H3. The van der Waals surface area contributed by atoms with Crippen LogP contribution in [-0.4, -0.2) is 30.5 Å². The Labute approximate surface area is 116 Å². The fourth-order valence-electron chi connectivity index (χ4n) is 2.03. The van der Waals surface area contributed by atoms with Gasteiger partial charge in [-0.1, -0.05) is 51.1 Å². The monoisotopic (exact) mass is 263 g/mol. The Morgan fingerprint density at radius 1 is 1.26 bits per heavy atom. The Kier molecular flexibility index (Phi) is 7.19. The zero-order valence-corrected chi connectivity index (χ0v) is 12.3. The molecule has 1 atom stereocenters. The first kappa shape index (κ1) is 15.7. The third-order valence-electron chi connectivity index (χ3n) is 3.15. The minimum atomic E-state index is -0.113. The van der Waals surface area contributed by atoms with E-state index in [1.807, 2.05) is 37.3 Å². The lowest BCUT2D eigenvalue weighted by atomic mass is 10.1. The van der Waals surface area contributed by atoms with E-state index in [2.05, 4.69) is 18.7 Å². The van der Waals surface area contributed by atoms with Gasteiger partial charge in [-0.25, -0.2) is 0 Å². The normalized spacial score (nSPS) is 12.4. The van der Waals surface area contributed by atoms with Gasteiger partial charge in [0.25, 0.3) is 0 Å². The molecule has 0 aliphatic rings. The lowest BCUT2D eigenvalue weighted by molar-refractivity contribution is -0.149. The molecule has 0 aliphatic carbocycles. The van der Waals surface area contributed by atoms with Crippen molar-refractivity contribution < 1.29 is 9.53 Å². The Morgan fingerprint density at radius 2 is 1.95 bits per heavy atom. The van der Waals surface area contributed by atoms with Crippen LogP contribution in [0.2, 0.25) is 0 Å². The summed E-state index contributed by atoms with van der Waals surface area (Å²) in [7, 11) is 0. The number of ether oxygens (including phenoxy) is 1. The highest BCUT2D eigenvalue weighted by atomic mass is 16.5. The highest BCUT2D eigenvalue weighted by molar-refractivity contribution is 5.72. The van der Waals surface area contributed by atoms with Crippen LogP contribution in [0.25, 0.3) is 0 Å². The van der Waals surface area contributed by atoms with Gasteiger partial charge in [-0.2, -0.15) is 0 Å². The smallest absolute Gasteiger partial charge is 0.310 e. The van der Waals surface area contributed by atoms with Gasteiger partial charge in [0.1, 0.15) is 6.61 Å². The van der Waals surface area contributed by atoms with E-state index < -0.39 is 0 Å². The summed E-state index contributed by atoms with van der Waals surface area (Å²) in [6, 6.07) is 9.79. The van der Waals surface area contributed by atoms with E-state index in [-0.39, 0.29) is 11.9 Å². The third-order valence-corrected chi connectivity index (χ3v) is 3.15. The van der Waals surface area contributed by atoms with E-state index in [0.717, 1.165) is 31.6 Å². The van der Waals surface area contributed by atoms with E-state index in [1.165, 1.54) is 0 Å². The first-order chi connectivity index (χ1) is 9.17. The quantitative estimate of drug-likeness (QED) is 0.675. The number of carbonyl (C=O) groups excluding carboxylic acids is 1. The van der Waals surface area contributed by atoms with E-state index in [4.69, 9.17) is 4.74 Å². The topological polar surface area (TPSA) is 29.5 Å². The zero-order valence-electron chi connectivity index (χ0n) is 12.3. The molecule has 1 aromatic rings. The molecule has 106 valence electrons. The first-order valence-corrected chi connectivity index (χ1v) is 7.10. The Hall–Kier alpha value is -1.35. The molecular weight excluding hydrogens is 238 g/mol. The van der Waals surface area contributed by atoms with E-state index >= 15 is 0 Å². The second-order valence-electron chi connectivity index (χ2n) is 4.89. The fourth-order valence-corrected chi connectivity index (χ4v) is 2.03. The van der Waals surface area contributed by atoms with Crippen LogP contribution in [0.3, 0.4) is 0 Å². The number of esters is 1. The molecule has 1 unspecified atom stereocenters. The van der Waals surface area contributed by atoms with Crippen LogP contribution in [-0.2, 0) is 16.1 Å². The van der Waals surface area contributed by atoms with Gasteiger partial charge in [-0.15, -0.1) is 0 Å². The second-order valence-corrected chi connectivity index (χ2v) is 4.89. The lowest BCUT2D eigenvalue weighted by Gasteiger charge is -2.22. The number of hydrogen-bond acceptors (Lipinski definition) is 3. The number of benzene rings is 1. The molecule has 19 heavy (non-hydrogen) atoms. The van der Waals surface area contributed by atoms with Crippen molar-refractivity contribution >= 4 is 5.97 Å². The van der Waals surface area contributed by atoms with Gasteiger partial charge in [-0.3, -0.25) is 4.79 Å². The molecule has 0 spiro atoms. The summed E-state index contributed by atoms with van der Waals surface area (Å²) >= 11 is 0. The minimum Gasteiger partial charge on any atom is -0.461 e. The molecular formula is C16H25NO2. The minimum absolute atomic E-state index is 0.0739. The van der Waals surface area contributed by atoms with Crippen molar-refractivity contribution in [3.63, 3.8) is 0 Å². The molecule has 0 amide bonds. The molecule has 0 saturated carbocycles. The summed E-state index contributed by atoms with van der Waals surface area (Å²) in [5.74, 6) is -0.186. The number of hydrogen-bond donors (Lipinski definition) is 0. The largest absolute Gasteiger partial charge is 0.461 e. The van der Waals surface area contributed by atoms with Gasteiger partial charge in [0.05, 0.1) is 5.92 Å². The SMILES string of the molecule is CCCN(CC)CC(C)C(=O)OCc1ccccc1. The maximum Gasteiger partial charge on any atom is 0.310 e. The van der Waals surface area contributed by atoms with Crippen molar-refractivity contribution in [1.29, 1.82) is 0 Å². The molecule has 3 nitrogen and oxygen atoms in total. The van der Waals surface area contributed by atoms with Crippen molar-refractivity contribution in [3.05, 3.63) is 35.9 Å². The predicted octanol–water partition coefficient (Wildman–Crippen LogP) is 3.10. The molecule has 1 aromatic carbocycles. The molecule has 1 rings (SSSR count).